The number of rotatable bonds is 9. The SMILES string of the molecule is COc1cccc(-c2c(C)c(Cc3c(F)cccc3C(F)(F)F)c3n(c2=O)C(CNCCc2ccc(S)cc2)CS3)c1F. The lowest BCUT2D eigenvalue weighted by Crippen LogP contribution is -2.34. The number of nitrogens with zero attached hydrogens (tertiary/aromatic N) is 1. The van der Waals surface area contributed by atoms with Gasteiger partial charge in [0.1, 0.15) is 5.82 Å². The topological polar surface area (TPSA) is 43.3 Å². The van der Waals surface area contributed by atoms with E-state index in [1.807, 2.05) is 24.3 Å². The van der Waals surface area contributed by atoms with Crippen LogP contribution in [0.4, 0.5) is 22.0 Å². The Morgan fingerprint density at radius 2 is 1.77 bits per heavy atom. The number of methoxy groups -OCH3 is 1. The van der Waals surface area contributed by atoms with Crippen molar-refractivity contribution < 1.29 is 26.7 Å². The zero-order chi connectivity index (χ0) is 30.9. The van der Waals surface area contributed by atoms with Gasteiger partial charge in [0.25, 0.3) is 5.56 Å². The summed E-state index contributed by atoms with van der Waals surface area (Å²) in [6.45, 7) is 2.60. The monoisotopic (exact) mass is 632 g/mol. The third-order valence-electron chi connectivity index (χ3n) is 7.65. The quantitative estimate of drug-likeness (QED) is 0.114. The van der Waals surface area contributed by atoms with Crippen LogP contribution in [0.1, 0.15) is 33.9 Å². The molecule has 1 atom stereocenters. The number of halogens is 5. The molecule has 0 saturated carbocycles. The highest BCUT2D eigenvalue weighted by Crippen LogP contribution is 2.42. The number of pyridine rings is 1. The Morgan fingerprint density at radius 1 is 1.05 bits per heavy atom. The van der Waals surface area contributed by atoms with E-state index in [2.05, 4.69) is 17.9 Å². The van der Waals surface area contributed by atoms with Crippen LogP contribution >= 0.6 is 24.4 Å². The fourth-order valence-corrected chi connectivity index (χ4v) is 6.99. The van der Waals surface area contributed by atoms with Crippen molar-refractivity contribution in [2.75, 3.05) is 26.0 Å². The van der Waals surface area contributed by atoms with E-state index in [1.165, 1.54) is 35.6 Å². The fraction of sp³-hybridized carbons (Fsp3) is 0.281. The molecule has 0 bridgehead atoms. The van der Waals surface area contributed by atoms with Crippen LogP contribution in [0.3, 0.4) is 0 Å². The minimum absolute atomic E-state index is 0.0133. The summed E-state index contributed by atoms with van der Waals surface area (Å²) in [6.07, 6.45) is -4.47. The molecule has 1 N–H and O–H groups in total. The maximum absolute atomic E-state index is 15.5. The average molecular weight is 633 g/mol. The summed E-state index contributed by atoms with van der Waals surface area (Å²) in [5.74, 6) is -1.36. The highest BCUT2D eigenvalue weighted by atomic mass is 32.2. The molecule has 0 amide bonds. The molecule has 1 aliphatic rings. The van der Waals surface area contributed by atoms with Gasteiger partial charge in [-0.15, -0.1) is 24.4 Å². The Balaban J connectivity index is 1.58. The van der Waals surface area contributed by atoms with Crippen LogP contribution in [0.15, 0.2) is 75.4 Å². The van der Waals surface area contributed by atoms with Crippen molar-refractivity contribution >= 4 is 24.4 Å². The number of thiol groups is 1. The van der Waals surface area contributed by atoms with Crippen molar-refractivity contribution in [1.82, 2.24) is 9.88 Å². The molecule has 3 aromatic carbocycles. The predicted octanol–water partition coefficient (Wildman–Crippen LogP) is 7.49. The Hall–Kier alpha value is -3.28. The molecule has 0 radical (unpaired) electrons. The molecule has 1 aliphatic heterocycles. The maximum Gasteiger partial charge on any atom is 0.416 e. The molecule has 4 nitrogen and oxygen atoms in total. The van der Waals surface area contributed by atoms with Crippen LogP contribution in [-0.2, 0) is 19.0 Å². The third kappa shape index (κ3) is 6.34. The van der Waals surface area contributed by atoms with Crippen molar-refractivity contribution in [2.45, 2.75) is 41.9 Å². The van der Waals surface area contributed by atoms with Crippen molar-refractivity contribution in [3.63, 3.8) is 0 Å². The number of hydrogen-bond donors (Lipinski definition) is 2. The molecule has 2 heterocycles. The summed E-state index contributed by atoms with van der Waals surface area (Å²) in [4.78, 5) is 14.9. The lowest BCUT2D eigenvalue weighted by molar-refractivity contribution is -0.138. The van der Waals surface area contributed by atoms with E-state index in [0.29, 0.717) is 35.0 Å². The van der Waals surface area contributed by atoms with Gasteiger partial charge in [-0.25, -0.2) is 8.78 Å². The zero-order valence-electron chi connectivity index (χ0n) is 23.4. The van der Waals surface area contributed by atoms with Gasteiger partial charge in [-0.05, 0) is 66.9 Å². The minimum Gasteiger partial charge on any atom is -0.494 e. The molecule has 5 rings (SSSR count). The Kier molecular flexibility index (Phi) is 9.24. The molecule has 1 aromatic heterocycles. The molecule has 11 heteroatoms. The second-order valence-corrected chi connectivity index (χ2v) is 11.8. The van der Waals surface area contributed by atoms with Gasteiger partial charge in [0, 0.05) is 34.7 Å². The van der Waals surface area contributed by atoms with Gasteiger partial charge in [0.2, 0.25) is 0 Å². The first-order valence-corrected chi connectivity index (χ1v) is 15.0. The van der Waals surface area contributed by atoms with Gasteiger partial charge >= 0.3 is 6.18 Å². The normalized spacial score (nSPS) is 14.7. The lowest BCUT2D eigenvalue weighted by atomic mass is 9.92. The second kappa shape index (κ2) is 12.8. The molecule has 43 heavy (non-hydrogen) atoms. The molecule has 1 unspecified atom stereocenters. The largest absolute Gasteiger partial charge is 0.494 e. The van der Waals surface area contributed by atoms with E-state index in [4.69, 9.17) is 4.74 Å². The summed E-state index contributed by atoms with van der Waals surface area (Å²) in [6, 6.07) is 14.7. The highest BCUT2D eigenvalue weighted by Gasteiger charge is 2.36. The first-order chi connectivity index (χ1) is 20.5. The number of thioether (sulfide) groups is 1. The second-order valence-electron chi connectivity index (χ2n) is 10.3. The Labute approximate surface area is 255 Å². The van der Waals surface area contributed by atoms with Gasteiger partial charge in [0.05, 0.1) is 29.3 Å². The van der Waals surface area contributed by atoms with E-state index in [9.17, 15) is 22.4 Å². The summed E-state index contributed by atoms with van der Waals surface area (Å²) >= 11 is 5.64. The Bertz CT molecular complexity index is 1700. The van der Waals surface area contributed by atoms with Crippen molar-refractivity contribution in [3.8, 4) is 16.9 Å². The van der Waals surface area contributed by atoms with E-state index in [0.717, 1.165) is 35.1 Å². The molecule has 4 aromatic rings. The first-order valence-electron chi connectivity index (χ1n) is 13.6. The highest BCUT2D eigenvalue weighted by molar-refractivity contribution is 7.99. The van der Waals surface area contributed by atoms with Crippen LogP contribution in [0.2, 0.25) is 0 Å². The molecule has 0 aliphatic carbocycles. The molecule has 0 saturated heterocycles. The minimum atomic E-state index is -4.78. The number of ether oxygens (including phenoxy) is 1. The number of alkyl halides is 3. The van der Waals surface area contributed by atoms with E-state index >= 15 is 4.39 Å². The Morgan fingerprint density at radius 3 is 2.47 bits per heavy atom. The van der Waals surface area contributed by atoms with Crippen molar-refractivity contribution in [1.29, 1.82) is 0 Å². The molecule has 226 valence electrons. The van der Waals surface area contributed by atoms with Crippen LogP contribution in [-0.4, -0.2) is 30.5 Å². The van der Waals surface area contributed by atoms with Crippen LogP contribution in [0.5, 0.6) is 5.75 Å². The van der Waals surface area contributed by atoms with Gasteiger partial charge in [-0.1, -0.05) is 30.3 Å². The molecule has 0 fully saturated rings. The van der Waals surface area contributed by atoms with Gasteiger partial charge < -0.3 is 10.1 Å². The molecular formula is C32H29F5N2O2S2. The summed E-state index contributed by atoms with van der Waals surface area (Å²) in [5.41, 5.74) is -0.320. The fourth-order valence-electron chi connectivity index (χ4n) is 5.45. The smallest absolute Gasteiger partial charge is 0.416 e. The van der Waals surface area contributed by atoms with Crippen molar-refractivity contribution in [2.24, 2.45) is 0 Å². The molecule has 0 spiro atoms. The van der Waals surface area contributed by atoms with E-state index in [1.54, 1.807) is 13.0 Å². The number of hydrogen-bond acceptors (Lipinski definition) is 5. The number of fused-ring (bicyclic) bond motifs is 1. The standard InChI is InChI=1S/C32H29F5N2O2S2/c1-18-23(15-24-25(32(35,36)37)6-4-7-26(24)33)31-39(30(40)28(18)22-5-3-8-27(41-2)29(22)34)20(17-43-31)16-38-14-13-19-9-11-21(42)12-10-19/h3-12,20,38,42H,13-17H2,1-2H3. The first kappa shape index (κ1) is 31.2. The van der Waals surface area contributed by atoms with Gasteiger partial charge in [-0.2, -0.15) is 13.2 Å². The van der Waals surface area contributed by atoms with Crippen LogP contribution < -0.4 is 15.6 Å². The van der Waals surface area contributed by atoms with Crippen LogP contribution in [0, 0.1) is 18.6 Å². The maximum atomic E-state index is 15.5. The van der Waals surface area contributed by atoms with E-state index in [-0.39, 0.29) is 22.9 Å². The van der Waals surface area contributed by atoms with E-state index < -0.39 is 40.9 Å². The predicted molar refractivity (Wildman–Crippen MR) is 162 cm³/mol. The van der Waals surface area contributed by atoms with Gasteiger partial charge in [-0.3, -0.25) is 9.36 Å². The summed E-state index contributed by atoms with van der Waals surface area (Å²) < 4.78 is 79.0. The molecular weight excluding hydrogens is 603 g/mol. The number of benzene rings is 3. The van der Waals surface area contributed by atoms with Gasteiger partial charge in [0.15, 0.2) is 11.6 Å². The number of aromatic nitrogens is 1. The van der Waals surface area contributed by atoms with Crippen molar-refractivity contribution in [3.05, 3.63) is 110 Å². The zero-order valence-corrected chi connectivity index (χ0v) is 25.1. The average Bonchev–Trinajstić information content (AvgIpc) is 3.39. The summed E-state index contributed by atoms with van der Waals surface area (Å²) in [7, 11) is 1.30. The lowest BCUT2D eigenvalue weighted by Gasteiger charge is -2.22. The van der Waals surface area contributed by atoms with Crippen LogP contribution in [0.25, 0.3) is 11.1 Å². The number of nitrogens with one attached hydrogen (secondary N) is 1. The third-order valence-corrected chi connectivity index (χ3v) is 9.22. The summed E-state index contributed by atoms with van der Waals surface area (Å²) in [5, 5.41) is 3.83.